The molecule has 1 N–H and O–H groups in total. The third-order valence-electron chi connectivity index (χ3n) is 3.60. The summed E-state index contributed by atoms with van der Waals surface area (Å²) in [6.45, 7) is 11.9. The Balaban J connectivity index is 2.17. The Morgan fingerprint density at radius 3 is 2.47 bits per heavy atom. The van der Waals surface area contributed by atoms with Crippen LogP contribution in [0.1, 0.15) is 50.4 Å². The van der Waals surface area contributed by atoms with Crippen LogP contribution in [0.15, 0.2) is 24.5 Å². The smallest absolute Gasteiger partial charge is 0.109 e. The van der Waals surface area contributed by atoms with Crippen molar-refractivity contribution in [3.8, 4) is 0 Å². The van der Waals surface area contributed by atoms with Crippen LogP contribution in [0.3, 0.4) is 0 Å². The van der Waals surface area contributed by atoms with E-state index in [-0.39, 0.29) is 5.41 Å². The molecule has 2 heterocycles. The number of aromatic nitrogens is 2. The van der Waals surface area contributed by atoms with E-state index in [2.05, 4.69) is 68.7 Å². The van der Waals surface area contributed by atoms with Gasteiger partial charge in [0.1, 0.15) is 5.15 Å². The minimum atomic E-state index is 0.142. The molecule has 0 aliphatic rings. The van der Waals surface area contributed by atoms with Gasteiger partial charge >= 0.3 is 0 Å². The van der Waals surface area contributed by atoms with Gasteiger partial charge in [-0.15, -0.1) is 0 Å². The fourth-order valence-electron chi connectivity index (χ4n) is 2.24. The molecule has 0 radical (unpaired) electrons. The van der Waals surface area contributed by atoms with E-state index in [0.717, 1.165) is 11.7 Å². The molecule has 0 aromatic carbocycles. The van der Waals surface area contributed by atoms with Crippen molar-refractivity contribution >= 4 is 11.6 Å². The Morgan fingerprint density at radius 2 is 2.00 bits per heavy atom. The number of H-pyrrole nitrogens is 1. The predicted octanol–water partition coefficient (Wildman–Crippen LogP) is 4.88. The fraction of sp³-hybridized carbons (Fsp3) is 0.500. The first-order chi connectivity index (χ1) is 8.77. The van der Waals surface area contributed by atoms with Crippen LogP contribution in [0.4, 0.5) is 0 Å². The molecule has 0 saturated carbocycles. The van der Waals surface area contributed by atoms with Crippen LogP contribution in [0, 0.1) is 6.92 Å². The van der Waals surface area contributed by atoms with Gasteiger partial charge in [0.05, 0.1) is 0 Å². The quantitative estimate of drug-likeness (QED) is 0.826. The van der Waals surface area contributed by atoms with Gasteiger partial charge in [-0.2, -0.15) is 0 Å². The molecule has 2 rings (SSSR count). The number of hydrogen-bond acceptors (Lipinski definition) is 0. The van der Waals surface area contributed by atoms with E-state index in [1.807, 2.05) is 0 Å². The molecular formula is C16H23ClN2. The number of halogens is 1. The Labute approximate surface area is 120 Å². The first kappa shape index (κ1) is 14.3. The topological polar surface area (TPSA) is 20.7 Å². The van der Waals surface area contributed by atoms with Crippen molar-refractivity contribution in [2.24, 2.45) is 0 Å². The summed E-state index contributed by atoms with van der Waals surface area (Å²) in [6, 6.07) is 4.28. The van der Waals surface area contributed by atoms with Gasteiger partial charge in [0.25, 0.3) is 0 Å². The largest absolute Gasteiger partial charge is 0.365 e. The zero-order chi connectivity index (χ0) is 14.2. The third kappa shape index (κ3) is 3.24. The van der Waals surface area contributed by atoms with Gasteiger partial charge in [0.2, 0.25) is 0 Å². The minimum Gasteiger partial charge on any atom is -0.365 e. The summed E-state index contributed by atoms with van der Waals surface area (Å²) in [5, 5.41) is 0.823. The number of aromatic amines is 1. The van der Waals surface area contributed by atoms with E-state index in [1.54, 1.807) is 0 Å². The lowest BCUT2D eigenvalue weighted by molar-refractivity contribution is 0.572. The molecule has 0 aliphatic carbocycles. The van der Waals surface area contributed by atoms with E-state index in [9.17, 15) is 0 Å². The molecule has 0 aliphatic heterocycles. The maximum atomic E-state index is 6.34. The fourth-order valence-corrected chi connectivity index (χ4v) is 2.48. The molecule has 3 heteroatoms. The summed E-state index contributed by atoms with van der Waals surface area (Å²) in [5.74, 6) is 0.447. The van der Waals surface area contributed by atoms with Crippen LogP contribution in [-0.2, 0) is 12.0 Å². The molecule has 2 aromatic rings. The summed E-state index contributed by atoms with van der Waals surface area (Å²) < 4.78 is 2.15. The third-order valence-corrected chi connectivity index (χ3v) is 3.93. The van der Waals surface area contributed by atoms with Gasteiger partial charge in [-0.1, -0.05) is 39.3 Å². The van der Waals surface area contributed by atoms with Gasteiger partial charge in [-0.05, 0) is 35.6 Å². The number of rotatable bonds is 3. The van der Waals surface area contributed by atoms with E-state index in [4.69, 9.17) is 11.6 Å². The minimum absolute atomic E-state index is 0.142. The lowest BCUT2D eigenvalue weighted by Gasteiger charge is -2.16. The zero-order valence-electron chi connectivity index (χ0n) is 12.4. The Morgan fingerprint density at radius 1 is 1.32 bits per heavy atom. The monoisotopic (exact) mass is 278 g/mol. The van der Waals surface area contributed by atoms with E-state index >= 15 is 0 Å². The van der Waals surface area contributed by atoms with Crippen LogP contribution in [-0.4, -0.2) is 9.55 Å². The second-order valence-corrected chi connectivity index (χ2v) is 6.86. The maximum Gasteiger partial charge on any atom is 0.109 e. The highest BCUT2D eigenvalue weighted by Crippen LogP contribution is 2.28. The maximum absolute atomic E-state index is 6.34. The lowest BCUT2D eigenvalue weighted by atomic mass is 9.89. The summed E-state index contributed by atoms with van der Waals surface area (Å²) in [7, 11) is 0. The van der Waals surface area contributed by atoms with E-state index < -0.39 is 0 Å². The average molecular weight is 279 g/mol. The molecule has 1 unspecified atom stereocenters. The number of nitrogens with one attached hydrogen (secondary N) is 1. The zero-order valence-corrected chi connectivity index (χ0v) is 13.2. The Kier molecular flexibility index (Phi) is 3.82. The normalized spacial score (nSPS) is 13.8. The molecule has 0 bridgehead atoms. The second-order valence-electron chi connectivity index (χ2n) is 6.47. The molecule has 19 heavy (non-hydrogen) atoms. The van der Waals surface area contributed by atoms with E-state index in [1.165, 1.54) is 16.8 Å². The predicted molar refractivity (Wildman–Crippen MR) is 82.1 cm³/mol. The Hall–Kier alpha value is -1.15. The number of nitrogens with zero attached hydrogens (tertiary/aromatic N) is 1. The number of hydrogen-bond donors (Lipinski definition) is 1. The van der Waals surface area contributed by atoms with Crippen molar-refractivity contribution in [2.75, 3.05) is 0 Å². The standard InChI is InChI=1S/C16H23ClN2/c1-11(13-6-12(2)18-8-13)9-19-10-14(7-15(19)17)16(3,4)5/h6-8,10-11,18H,9H2,1-5H3. The molecule has 0 saturated heterocycles. The van der Waals surface area contributed by atoms with Gasteiger partial charge < -0.3 is 9.55 Å². The van der Waals surface area contributed by atoms with Crippen molar-refractivity contribution in [1.82, 2.24) is 9.55 Å². The highest BCUT2D eigenvalue weighted by Gasteiger charge is 2.18. The average Bonchev–Trinajstić information content (AvgIpc) is 2.85. The van der Waals surface area contributed by atoms with Crippen LogP contribution in [0.25, 0.3) is 0 Å². The van der Waals surface area contributed by atoms with Crippen molar-refractivity contribution < 1.29 is 0 Å². The first-order valence-corrected chi connectivity index (χ1v) is 7.16. The van der Waals surface area contributed by atoms with Crippen LogP contribution < -0.4 is 0 Å². The molecule has 2 nitrogen and oxygen atoms in total. The van der Waals surface area contributed by atoms with Gasteiger partial charge in [-0.25, -0.2) is 0 Å². The molecular weight excluding hydrogens is 256 g/mol. The van der Waals surface area contributed by atoms with Crippen molar-refractivity contribution in [3.05, 3.63) is 46.5 Å². The summed E-state index contributed by atoms with van der Waals surface area (Å²) in [4.78, 5) is 3.24. The molecule has 1 atom stereocenters. The second kappa shape index (κ2) is 5.09. The van der Waals surface area contributed by atoms with Gasteiger partial charge in [-0.3, -0.25) is 0 Å². The van der Waals surface area contributed by atoms with Crippen LogP contribution in [0.5, 0.6) is 0 Å². The summed E-state index contributed by atoms with van der Waals surface area (Å²) >= 11 is 6.34. The van der Waals surface area contributed by atoms with Crippen molar-refractivity contribution in [2.45, 2.75) is 52.5 Å². The lowest BCUT2D eigenvalue weighted by Crippen LogP contribution is -2.10. The highest BCUT2D eigenvalue weighted by atomic mass is 35.5. The van der Waals surface area contributed by atoms with E-state index in [0.29, 0.717) is 5.92 Å². The highest BCUT2D eigenvalue weighted by molar-refractivity contribution is 6.29. The van der Waals surface area contributed by atoms with Crippen LogP contribution >= 0.6 is 11.6 Å². The van der Waals surface area contributed by atoms with Crippen molar-refractivity contribution in [1.29, 1.82) is 0 Å². The molecule has 2 aromatic heterocycles. The molecule has 104 valence electrons. The SMILES string of the molecule is Cc1cc(C(C)Cn2cc(C(C)(C)C)cc2Cl)c[nH]1. The number of aryl methyl sites for hydroxylation is 1. The molecule has 0 spiro atoms. The summed E-state index contributed by atoms with van der Waals surface area (Å²) in [6.07, 6.45) is 4.26. The first-order valence-electron chi connectivity index (χ1n) is 6.78. The molecule has 0 amide bonds. The van der Waals surface area contributed by atoms with Crippen LogP contribution in [0.2, 0.25) is 5.15 Å². The Bertz CT molecular complexity index is 558. The van der Waals surface area contributed by atoms with Crippen molar-refractivity contribution in [3.63, 3.8) is 0 Å². The van der Waals surface area contributed by atoms with Gasteiger partial charge in [0.15, 0.2) is 0 Å². The summed E-state index contributed by atoms with van der Waals surface area (Å²) in [5.41, 5.74) is 3.97. The van der Waals surface area contributed by atoms with Gasteiger partial charge in [0, 0.05) is 30.6 Å². The molecule has 0 fully saturated rings.